The molecule has 0 amide bonds. The summed E-state index contributed by atoms with van der Waals surface area (Å²) in [6.45, 7) is 1.60. The Balaban J connectivity index is 1.64. The first-order chi connectivity index (χ1) is 9.74. The van der Waals surface area contributed by atoms with Crippen molar-refractivity contribution in [3.63, 3.8) is 0 Å². The van der Waals surface area contributed by atoms with Gasteiger partial charge in [0.1, 0.15) is 0 Å². The standard InChI is InChI=1S/C15H20N4O/c16-12-6-7-15(20)18(10-12)8-3-9-19-11-17-13-4-1-2-5-14(13)19/h6-7,10-11H,1-5,8-9,16H2. The van der Waals surface area contributed by atoms with Gasteiger partial charge in [0.2, 0.25) is 0 Å². The second-order valence-electron chi connectivity index (χ2n) is 5.39. The number of imidazole rings is 1. The molecule has 3 rings (SSSR count). The van der Waals surface area contributed by atoms with E-state index in [-0.39, 0.29) is 5.56 Å². The molecule has 0 bridgehead atoms. The summed E-state index contributed by atoms with van der Waals surface area (Å²) >= 11 is 0. The number of fused-ring (bicyclic) bond motifs is 1. The molecule has 5 nitrogen and oxygen atoms in total. The van der Waals surface area contributed by atoms with Gasteiger partial charge in [-0.2, -0.15) is 0 Å². The van der Waals surface area contributed by atoms with Crippen LogP contribution in [0.15, 0.2) is 29.5 Å². The molecule has 2 N–H and O–H groups in total. The Morgan fingerprint density at radius 2 is 1.95 bits per heavy atom. The number of rotatable bonds is 4. The lowest BCUT2D eigenvalue weighted by Gasteiger charge is -2.14. The lowest BCUT2D eigenvalue weighted by molar-refractivity contribution is 0.531. The number of hydrogen-bond acceptors (Lipinski definition) is 3. The third-order valence-electron chi connectivity index (χ3n) is 3.91. The summed E-state index contributed by atoms with van der Waals surface area (Å²) in [6, 6.07) is 3.17. The zero-order valence-electron chi connectivity index (χ0n) is 11.6. The maximum atomic E-state index is 11.7. The predicted molar refractivity (Wildman–Crippen MR) is 78.6 cm³/mol. The van der Waals surface area contributed by atoms with Gasteiger partial charge >= 0.3 is 0 Å². The van der Waals surface area contributed by atoms with E-state index in [0.29, 0.717) is 12.2 Å². The van der Waals surface area contributed by atoms with Crippen molar-refractivity contribution in [2.75, 3.05) is 5.73 Å². The smallest absolute Gasteiger partial charge is 0.250 e. The fourth-order valence-electron chi connectivity index (χ4n) is 2.86. The van der Waals surface area contributed by atoms with Gasteiger partial charge in [-0.25, -0.2) is 4.98 Å². The number of anilines is 1. The molecule has 2 aromatic heterocycles. The first-order valence-corrected chi connectivity index (χ1v) is 7.23. The molecule has 1 aliphatic carbocycles. The molecule has 0 unspecified atom stereocenters. The highest BCUT2D eigenvalue weighted by molar-refractivity contribution is 5.33. The molecule has 2 aromatic rings. The second-order valence-corrected chi connectivity index (χ2v) is 5.39. The van der Waals surface area contributed by atoms with Crippen molar-refractivity contribution >= 4 is 5.69 Å². The Labute approximate surface area is 118 Å². The van der Waals surface area contributed by atoms with Crippen LogP contribution in [0.2, 0.25) is 0 Å². The average molecular weight is 272 g/mol. The largest absolute Gasteiger partial charge is 0.398 e. The van der Waals surface area contributed by atoms with Crippen molar-refractivity contribution in [3.8, 4) is 0 Å². The molecular weight excluding hydrogens is 252 g/mol. The zero-order chi connectivity index (χ0) is 13.9. The Kier molecular flexibility index (Phi) is 3.58. The molecule has 1 aliphatic rings. The summed E-state index contributed by atoms with van der Waals surface area (Å²) in [4.78, 5) is 16.2. The summed E-state index contributed by atoms with van der Waals surface area (Å²) in [6.07, 6.45) is 9.32. The van der Waals surface area contributed by atoms with Gasteiger partial charge < -0.3 is 14.9 Å². The Hall–Kier alpha value is -2.04. The van der Waals surface area contributed by atoms with Crippen molar-refractivity contribution in [2.24, 2.45) is 0 Å². The number of aryl methyl sites for hydroxylation is 3. The number of hydrogen-bond donors (Lipinski definition) is 1. The van der Waals surface area contributed by atoms with Crippen LogP contribution in [0.3, 0.4) is 0 Å². The van der Waals surface area contributed by atoms with Gasteiger partial charge in [0.25, 0.3) is 5.56 Å². The fraction of sp³-hybridized carbons (Fsp3) is 0.467. The molecule has 20 heavy (non-hydrogen) atoms. The van der Waals surface area contributed by atoms with Crippen LogP contribution < -0.4 is 11.3 Å². The van der Waals surface area contributed by atoms with E-state index in [1.807, 2.05) is 6.33 Å². The van der Waals surface area contributed by atoms with E-state index in [4.69, 9.17) is 5.73 Å². The van der Waals surface area contributed by atoms with Gasteiger partial charge in [-0.15, -0.1) is 0 Å². The van der Waals surface area contributed by atoms with Crippen molar-refractivity contribution < 1.29 is 0 Å². The van der Waals surface area contributed by atoms with E-state index >= 15 is 0 Å². The first-order valence-electron chi connectivity index (χ1n) is 7.23. The highest BCUT2D eigenvalue weighted by Crippen LogP contribution is 2.19. The lowest BCUT2D eigenvalue weighted by atomic mass is 10.0. The summed E-state index contributed by atoms with van der Waals surface area (Å²) in [5.74, 6) is 0. The van der Waals surface area contributed by atoms with E-state index < -0.39 is 0 Å². The van der Waals surface area contributed by atoms with E-state index in [1.54, 1.807) is 16.8 Å². The molecule has 106 valence electrons. The zero-order valence-corrected chi connectivity index (χ0v) is 11.6. The Morgan fingerprint density at radius 1 is 1.15 bits per heavy atom. The van der Waals surface area contributed by atoms with Crippen LogP contribution in [0.5, 0.6) is 0 Å². The normalized spacial score (nSPS) is 14.2. The summed E-state index contributed by atoms with van der Waals surface area (Å²) in [7, 11) is 0. The van der Waals surface area contributed by atoms with Gasteiger partial charge in [0, 0.05) is 36.7 Å². The van der Waals surface area contributed by atoms with E-state index in [9.17, 15) is 4.79 Å². The maximum Gasteiger partial charge on any atom is 0.250 e. The van der Waals surface area contributed by atoms with E-state index in [1.165, 1.54) is 30.3 Å². The molecule has 0 fully saturated rings. The van der Waals surface area contributed by atoms with Gasteiger partial charge in [0.05, 0.1) is 12.0 Å². The maximum absolute atomic E-state index is 11.7. The van der Waals surface area contributed by atoms with Crippen molar-refractivity contribution in [2.45, 2.75) is 45.2 Å². The van der Waals surface area contributed by atoms with Gasteiger partial charge in [0.15, 0.2) is 0 Å². The molecule has 5 heteroatoms. The van der Waals surface area contributed by atoms with E-state index in [2.05, 4.69) is 9.55 Å². The van der Waals surface area contributed by atoms with E-state index in [0.717, 1.165) is 25.8 Å². The van der Waals surface area contributed by atoms with Crippen LogP contribution >= 0.6 is 0 Å². The Bertz CT molecular complexity index is 656. The molecule has 0 spiro atoms. The molecule has 0 radical (unpaired) electrons. The minimum Gasteiger partial charge on any atom is -0.398 e. The summed E-state index contributed by atoms with van der Waals surface area (Å²) in [5, 5.41) is 0. The quantitative estimate of drug-likeness (QED) is 0.919. The van der Waals surface area contributed by atoms with Gasteiger partial charge in [-0.3, -0.25) is 4.79 Å². The SMILES string of the molecule is Nc1ccc(=O)n(CCCn2cnc3c2CCCC3)c1. The topological polar surface area (TPSA) is 65.8 Å². The number of nitrogens with zero attached hydrogens (tertiary/aromatic N) is 3. The molecule has 0 saturated carbocycles. The number of nitrogen functional groups attached to an aromatic ring is 1. The average Bonchev–Trinajstić information content (AvgIpc) is 2.86. The van der Waals surface area contributed by atoms with Crippen molar-refractivity contribution in [3.05, 3.63) is 46.4 Å². The second kappa shape index (κ2) is 5.53. The molecule has 0 atom stereocenters. The minimum absolute atomic E-state index is 0.00635. The predicted octanol–water partition coefficient (Wildman–Crippen LogP) is 1.60. The number of nitrogens with two attached hydrogens (primary N) is 1. The third-order valence-corrected chi connectivity index (χ3v) is 3.91. The van der Waals surface area contributed by atoms with Crippen LogP contribution in [-0.4, -0.2) is 14.1 Å². The van der Waals surface area contributed by atoms with Crippen molar-refractivity contribution in [1.29, 1.82) is 0 Å². The monoisotopic (exact) mass is 272 g/mol. The summed E-state index contributed by atoms with van der Waals surface area (Å²) in [5.41, 5.74) is 8.99. The van der Waals surface area contributed by atoms with Crippen LogP contribution in [0.4, 0.5) is 5.69 Å². The van der Waals surface area contributed by atoms with Crippen molar-refractivity contribution in [1.82, 2.24) is 14.1 Å². The fourth-order valence-corrected chi connectivity index (χ4v) is 2.86. The molecule has 2 heterocycles. The first kappa shape index (κ1) is 13.0. The minimum atomic E-state index is 0.00635. The third kappa shape index (κ3) is 2.61. The van der Waals surface area contributed by atoms with Crippen LogP contribution in [-0.2, 0) is 25.9 Å². The van der Waals surface area contributed by atoms with Gasteiger partial charge in [-0.1, -0.05) is 0 Å². The summed E-state index contributed by atoms with van der Waals surface area (Å²) < 4.78 is 3.92. The lowest BCUT2D eigenvalue weighted by Crippen LogP contribution is -2.20. The van der Waals surface area contributed by atoms with Gasteiger partial charge in [-0.05, 0) is 38.2 Å². The molecule has 0 saturated heterocycles. The molecular formula is C15H20N4O. The highest BCUT2D eigenvalue weighted by atomic mass is 16.1. The highest BCUT2D eigenvalue weighted by Gasteiger charge is 2.14. The van der Waals surface area contributed by atoms with Crippen LogP contribution in [0, 0.1) is 0 Å². The molecule has 0 aromatic carbocycles. The Morgan fingerprint density at radius 3 is 2.85 bits per heavy atom. The molecule has 0 aliphatic heterocycles. The van der Waals surface area contributed by atoms with Crippen LogP contribution in [0.1, 0.15) is 30.7 Å². The van der Waals surface area contributed by atoms with Crippen LogP contribution in [0.25, 0.3) is 0 Å². The number of aromatic nitrogens is 3. The number of pyridine rings is 1.